The fourth-order valence-electron chi connectivity index (χ4n) is 2.16. The van der Waals surface area contributed by atoms with Gasteiger partial charge in [0.15, 0.2) is 11.5 Å². The van der Waals surface area contributed by atoms with Crippen molar-refractivity contribution in [3.05, 3.63) is 53.9 Å². The molecule has 0 saturated heterocycles. The van der Waals surface area contributed by atoms with Crippen LogP contribution in [-0.2, 0) is 16.2 Å². The first-order chi connectivity index (χ1) is 11.1. The minimum Gasteiger partial charge on any atom is -0.441 e. The zero-order valence-corrected chi connectivity index (χ0v) is 13.1. The first-order valence-electron chi connectivity index (χ1n) is 6.72. The van der Waals surface area contributed by atoms with E-state index in [-0.39, 0.29) is 5.69 Å². The number of sulfonamides is 1. The number of nitrogens with zero attached hydrogens (tertiary/aromatic N) is 1. The third-order valence-corrected chi connectivity index (χ3v) is 4.60. The number of oxazole rings is 1. The first-order valence-corrected chi connectivity index (χ1v) is 8.21. The molecule has 0 radical (unpaired) electrons. The number of hydrogen-bond acceptors (Lipinski definition) is 4. The van der Waals surface area contributed by atoms with Gasteiger partial charge in [-0.15, -0.1) is 0 Å². The number of anilines is 1. The molecule has 3 aromatic rings. The molecule has 0 spiro atoms. The highest BCUT2D eigenvalue weighted by atomic mass is 32.2. The number of rotatable bonds is 3. The van der Waals surface area contributed by atoms with Gasteiger partial charge in [-0.1, -0.05) is 6.07 Å². The second-order valence-electron chi connectivity index (χ2n) is 5.05. The Hall–Kier alpha value is -2.55. The van der Waals surface area contributed by atoms with Crippen LogP contribution in [0, 0.1) is 6.92 Å². The van der Waals surface area contributed by atoms with E-state index >= 15 is 0 Å². The summed E-state index contributed by atoms with van der Waals surface area (Å²) in [6.45, 7) is 1.65. The van der Waals surface area contributed by atoms with E-state index in [1.807, 2.05) is 0 Å². The van der Waals surface area contributed by atoms with Crippen LogP contribution in [0.15, 0.2) is 51.8 Å². The second kappa shape index (κ2) is 5.52. The molecule has 0 aliphatic heterocycles. The topological polar surface area (TPSA) is 72.2 Å². The van der Waals surface area contributed by atoms with Gasteiger partial charge in [0.25, 0.3) is 10.0 Å². The molecule has 0 unspecified atom stereocenters. The fourth-order valence-corrected chi connectivity index (χ4v) is 3.25. The molecule has 0 saturated carbocycles. The Balaban J connectivity index is 1.95. The third-order valence-electron chi connectivity index (χ3n) is 3.22. The highest BCUT2D eigenvalue weighted by molar-refractivity contribution is 7.92. The Kier molecular flexibility index (Phi) is 3.75. The molecule has 1 N–H and O–H groups in total. The monoisotopic (exact) mass is 356 g/mol. The van der Waals surface area contributed by atoms with E-state index in [4.69, 9.17) is 4.42 Å². The number of benzene rings is 2. The van der Waals surface area contributed by atoms with E-state index < -0.39 is 26.7 Å². The van der Waals surface area contributed by atoms with Gasteiger partial charge in [0.2, 0.25) is 0 Å². The quantitative estimate of drug-likeness (QED) is 0.771. The SMILES string of the molecule is Cc1nc2cc(NS(=O)(=O)c3cccc(C(F)(F)F)c3)ccc2o1. The molecular formula is C15H11F3N2O3S. The summed E-state index contributed by atoms with van der Waals surface area (Å²) >= 11 is 0. The Bertz CT molecular complexity index is 1010. The van der Waals surface area contributed by atoms with E-state index in [0.717, 1.165) is 18.2 Å². The van der Waals surface area contributed by atoms with Gasteiger partial charge < -0.3 is 4.42 Å². The average molecular weight is 356 g/mol. The standard InChI is InChI=1S/C15H11F3N2O3S/c1-9-19-13-8-11(5-6-14(13)23-9)20-24(21,22)12-4-2-3-10(7-12)15(16,17)18/h2-8,20H,1H3. The molecule has 9 heteroatoms. The van der Waals surface area contributed by atoms with Crippen molar-refractivity contribution in [2.45, 2.75) is 18.0 Å². The van der Waals surface area contributed by atoms with Crippen molar-refractivity contribution in [2.75, 3.05) is 4.72 Å². The molecule has 0 fully saturated rings. The lowest BCUT2D eigenvalue weighted by Gasteiger charge is -2.11. The molecular weight excluding hydrogens is 345 g/mol. The van der Waals surface area contributed by atoms with E-state index in [9.17, 15) is 21.6 Å². The predicted octanol–water partition coefficient (Wildman–Crippen LogP) is 3.96. The van der Waals surface area contributed by atoms with Crippen molar-refractivity contribution in [3.63, 3.8) is 0 Å². The predicted molar refractivity (Wildman–Crippen MR) is 81.0 cm³/mol. The van der Waals surface area contributed by atoms with Crippen LogP contribution in [0.2, 0.25) is 0 Å². The second-order valence-corrected chi connectivity index (χ2v) is 6.73. The molecule has 5 nitrogen and oxygen atoms in total. The van der Waals surface area contributed by atoms with Gasteiger partial charge in [-0.25, -0.2) is 13.4 Å². The first kappa shape index (κ1) is 16.3. The van der Waals surface area contributed by atoms with E-state index in [2.05, 4.69) is 9.71 Å². The van der Waals surface area contributed by atoms with Crippen LogP contribution in [-0.4, -0.2) is 13.4 Å². The zero-order chi connectivity index (χ0) is 17.5. The maximum absolute atomic E-state index is 12.7. The van der Waals surface area contributed by atoms with Gasteiger partial charge in [0, 0.05) is 6.92 Å². The third kappa shape index (κ3) is 3.21. The van der Waals surface area contributed by atoms with Gasteiger partial charge in [-0.3, -0.25) is 4.72 Å². The van der Waals surface area contributed by atoms with Crippen LogP contribution in [0.3, 0.4) is 0 Å². The highest BCUT2D eigenvalue weighted by Crippen LogP contribution is 2.31. The number of nitrogens with one attached hydrogen (secondary N) is 1. The molecule has 1 heterocycles. The molecule has 3 rings (SSSR count). The van der Waals surface area contributed by atoms with Crippen LogP contribution < -0.4 is 4.72 Å². The molecule has 0 amide bonds. The number of alkyl halides is 3. The number of hydrogen-bond donors (Lipinski definition) is 1. The van der Waals surface area contributed by atoms with E-state index in [1.165, 1.54) is 18.2 Å². The maximum atomic E-state index is 12.7. The lowest BCUT2D eigenvalue weighted by Crippen LogP contribution is -2.14. The Morgan fingerprint density at radius 3 is 2.58 bits per heavy atom. The summed E-state index contributed by atoms with van der Waals surface area (Å²) in [5, 5.41) is 0. The Morgan fingerprint density at radius 2 is 1.88 bits per heavy atom. The summed E-state index contributed by atoms with van der Waals surface area (Å²) in [7, 11) is -4.17. The smallest absolute Gasteiger partial charge is 0.416 e. The lowest BCUT2D eigenvalue weighted by molar-refractivity contribution is -0.137. The molecule has 1 aromatic heterocycles. The number of aryl methyl sites for hydroxylation is 1. The van der Waals surface area contributed by atoms with Crippen LogP contribution >= 0.6 is 0 Å². The molecule has 2 aromatic carbocycles. The van der Waals surface area contributed by atoms with E-state index in [0.29, 0.717) is 23.1 Å². The largest absolute Gasteiger partial charge is 0.441 e. The fraction of sp³-hybridized carbons (Fsp3) is 0.133. The van der Waals surface area contributed by atoms with E-state index in [1.54, 1.807) is 6.92 Å². The van der Waals surface area contributed by atoms with Crippen LogP contribution in [0.5, 0.6) is 0 Å². The summed E-state index contributed by atoms with van der Waals surface area (Å²) < 4.78 is 70.3. The van der Waals surface area contributed by atoms with Crippen LogP contribution in [0.25, 0.3) is 11.1 Å². The van der Waals surface area contributed by atoms with Crippen molar-refractivity contribution in [2.24, 2.45) is 0 Å². The van der Waals surface area contributed by atoms with Crippen LogP contribution in [0.4, 0.5) is 18.9 Å². The minimum absolute atomic E-state index is 0.174. The molecule has 0 aliphatic carbocycles. The van der Waals surface area contributed by atoms with Crippen LogP contribution in [0.1, 0.15) is 11.5 Å². The van der Waals surface area contributed by atoms with Gasteiger partial charge in [-0.2, -0.15) is 13.2 Å². The van der Waals surface area contributed by atoms with Crippen molar-refractivity contribution in [1.82, 2.24) is 4.98 Å². The molecule has 0 atom stereocenters. The Morgan fingerprint density at radius 1 is 1.12 bits per heavy atom. The van der Waals surface area contributed by atoms with Gasteiger partial charge in [-0.05, 0) is 36.4 Å². The highest BCUT2D eigenvalue weighted by Gasteiger charge is 2.31. The summed E-state index contributed by atoms with van der Waals surface area (Å²) in [5.74, 6) is 0.419. The number of halogens is 3. The number of aromatic nitrogens is 1. The molecule has 0 bridgehead atoms. The minimum atomic E-state index is -4.62. The van der Waals surface area contributed by atoms with Gasteiger partial charge in [0.05, 0.1) is 16.1 Å². The summed E-state index contributed by atoms with van der Waals surface area (Å²) in [6, 6.07) is 7.94. The summed E-state index contributed by atoms with van der Waals surface area (Å²) in [4.78, 5) is 3.59. The molecule has 24 heavy (non-hydrogen) atoms. The van der Waals surface area contributed by atoms with Crippen molar-refractivity contribution in [1.29, 1.82) is 0 Å². The molecule has 126 valence electrons. The van der Waals surface area contributed by atoms with Crippen molar-refractivity contribution in [3.8, 4) is 0 Å². The van der Waals surface area contributed by atoms with Gasteiger partial charge >= 0.3 is 6.18 Å². The van der Waals surface area contributed by atoms with Gasteiger partial charge in [0.1, 0.15) is 5.52 Å². The van der Waals surface area contributed by atoms with Crippen molar-refractivity contribution < 1.29 is 26.0 Å². The lowest BCUT2D eigenvalue weighted by atomic mass is 10.2. The average Bonchev–Trinajstić information content (AvgIpc) is 2.85. The number of fused-ring (bicyclic) bond motifs is 1. The normalized spacial score (nSPS) is 12.5. The summed E-state index contributed by atoms with van der Waals surface area (Å²) in [5.41, 5.74) is 0.0624. The van der Waals surface area contributed by atoms with Crippen molar-refractivity contribution >= 4 is 26.8 Å². The molecule has 0 aliphatic rings. The Labute approximate surface area is 135 Å². The maximum Gasteiger partial charge on any atom is 0.416 e. The zero-order valence-electron chi connectivity index (χ0n) is 12.3. The summed E-state index contributed by atoms with van der Waals surface area (Å²) in [6.07, 6.45) is -4.62.